The Labute approximate surface area is 88.3 Å². The average Bonchev–Trinajstić information content (AvgIpc) is 2.02. The first-order valence-electron chi connectivity index (χ1n) is 5.67. The van der Waals surface area contributed by atoms with Crippen LogP contribution in [0.4, 0.5) is 0 Å². The number of aliphatic hydroxyl groups is 1. The Bertz CT molecular complexity index is 183. The Hall–Kier alpha value is -0.0800. The predicted molar refractivity (Wildman–Crippen MR) is 60.3 cm³/mol. The topological polar surface area (TPSA) is 23.5 Å². The van der Waals surface area contributed by atoms with Crippen molar-refractivity contribution in [2.45, 2.75) is 52.2 Å². The van der Waals surface area contributed by atoms with Gasteiger partial charge in [0.2, 0.25) is 0 Å². The van der Waals surface area contributed by atoms with Crippen molar-refractivity contribution in [2.75, 3.05) is 14.1 Å². The summed E-state index contributed by atoms with van der Waals surface area (Å²) in [5.41, 5.74) is 0.383. The lowest BCUT2D eigenvalue weighted by atomic mass is 9.70. The molecule has 1 aliphatic carbocycles. The predicted octanol–water partition coefficient (Wildman–Crippen LogP) is 2.12. The van der Waals surface area contributed by atoms with Gasteiger partial charge in [-0.2, -0.15) is 0 Å². The van der Waals surface area contributed by atoms with Gasteiger partial charge in [-0.1, -0.05) is 20.8 Å². The highest BCUT2D eigenvalue weighted by atomic mass is 16.3. The minimum atomic E-state index is -0.122. The molecular weight excluding hydrogens is 174 g/mol. The Balaban J connectivity index is 2.62. The molecule has 0 spiro atoms. The molecule has 0 aromatic carbocycles. The molecule has 84 valence electrons. The number of nitrogens with zero attached hydrogens (tertiary/aromatic N) is 1. The van der Waals surface area contributed by atoms with E-state index in [0.717, 1.165) is 18.8 Å². The molecule has 0 aliphatic heterocycles. The lowest BCUT2D eigenvalue weighted by Gasteiger charge is -2.42. The van der Waals surface area contributed by atoms with Gasteiger partial charge in [-0.05, 0) is 44.7 Å². The highest BCUT2D eigenvalue weighted by Gasteiger charge is 2.35. The number of likely N-dealkylation sites (N-methyl/N-ethyl adjacent to an activating group) is 1. The first-order chi connectivity index (χ1) is 6.32. The number of rotatable bonds is 1. The molecule has 2 nitrogen and oxygen atoms in total. The van der Waals surface area contributed by atoms with Gasteiger partial charge in [0, 0.05) is 6.04 Å². The van der Waals surface area contributed by atoms with Crippen molar-refractivity contribution in [3.63, 3.8) is 0 Å². The largest absolute Gasteiger partial charge is 0.391 e. The number of aliphatic hydroxyl groups excluding tert-OH is 1. The van der Waals surface area contributed by atoms with Gasteiger partial charge in [0.05, 0.1) is 6.10 Å². The van der Waals surface area contributed by atoms with E-state index in [2.05, 4.69) is 39.8 Å². The minimum Gasteiger partial charge on any atom is -0.391 e. The highest BCUT2D eigenvalue weighted by molar-refractivity contribution is 4.89. The fourth-order valence-corrected chi connectivity index (χ4v) is 2.47. The third-order valence-corrected chi connectivity index (χ3v) is 3.67. The molecule has 2 heteroatoms. The fourth-order valence-electron chi connectivity index (χ4n) is 2.47. The van der Waals surface area contributed by atoms with Crippen molar-refractivity contribution < 1.29 is 5.11 Å². The molecule has 1 N–H and O–H groups in total. The zero-order chi connectivity index (χ0) is 10.9. The quantitative estimate of drug-likeness (QED) is 0.699. The molecule has 14 heavy (non-hydrogen) atoms. The minimum absolute atomic E-state index is 0.122. The SMILES string of the molecule is CN(C)C1CC(C(C)(C)C)CCC1O. The van der Waals surface area contributed by atoms with E-state index in [9.17, 15) is 5.11 Å². The molecule has 0 radical (unpaired) electrons. The van der Waals surface area contributed by atoms with Crippen LogP contribution in [0.25, 0.3) is 0 Å². The monoisotopic (exact) mass is 199 g/mol. The van der Waals surface area contributed by atoms with E-state index in [4.69, 9.17) is 0 Å². The van der Waals surface area contributed by atoms with Crippen LogP contribution in [-0.2, 0) is 0 Å². The van der Waals surface area contributed by atoms with Crippen molar-refractivity contribution >= 4 is 0 Å². The summed E-state index contributed by atoms with van der Waals surface area (Å²) in [6.07, 6.45) is 3.15. The molecule has 0 saturated heterocycles. The number of hydrogen-bond acceptors (Lipinski definition) is 2. The second kappa shape index (κ2) is 4.19. The van der Waals surface area contributed by atoms with Crippen molar-refractivity contribution in [2.24, 2.45) is 11.3 Å². The summed E-state index contributed by atoms with van der Waals surface area (Å²) in [6.45, 7) is 6.92. The van der Waals surface area contributed by atoms with Crippen molar-refractivity contribution in [1.29, 1.82) is 0 Å². The lowest BCUT2D eigenvalue weighted by molar-refractivity contribution is 0.00107. The van der Waals surface area contributed by atoms with Crippen LogP contribution in [0.15, 0.2) is 0 Å². The third kappa shape index (κ3) is 2.71. The molecule has 1 aliphatic rings. The van der Waals surface area contributed by atoms with Crippen molar-refractivity contribution in [1.82, 2.24) is 4.90 Å². The Kier molecular flexibility index (Phi) is 3.59. The van der Waals surface area contributed by atoms with Gasteiger partial charge < -0.3 is 10.0 Å². The van der Waals surface area contributed by atoms with E-state index in [0.29, 0.717) is 11.5 Å². The van der Waals surface area contributed by atoms with E-state index in [1.54, 1.807) is 0 Å². The van der Waals surface area contributed by atoms with Gasteiger partial charge in [-0.15, -0.1) is 0 Å². The van der Waals surface area contributed by atoms with Crippen LogP contribution in [0.5, 0.6) is 0 Å². The highest BCUT2D eigenvalue weighted by Crippen LogP contribution is 2.38. The number of hydrogen-bond donors (Lipinski definition) is 1. The second-order valence-electron chi connectivity index (χ2n) is 5.97. The van der Waals surface area contributed by atoms with Crippen LogP contribution in [0.3, 0.4) is 0 Å². The van der Waals surface area contributed by atoms with Crippen LogP contribution in [0.2, 0.25) is 0 Å². The van der Waals surface area contributed by atoms with E-state index in [1.165, 1.54) is 6.42 Å². The average molecular weight is 199 g/mol. The van der Waals surface area contributed by atoms with Gasteiger partial charge in [-0.25, -0.2) is 0 Å². The second-order valence-corrected chi connectivity index (χ2v) is 5.97. The smallest absolute Gasteiger partial charge is 0.0695 e. The van der Waals surface area contributed by atoms with Crippen LogP contribution in [0.1, 0.15) is 40.0 Å². The summed E-state index contributed by atoms with van der Waals surface area (Å²) >= 11 is 0. The summed E-state index contributed by atoms with van der Waals surface area (Å²) in [7, 11) is 4.14. The van der Waals surface area contributed by atoms with E-state index < -0.39 is 0 Å². The molecule has 0 heterocycles. The third-order valence-electron chi connectivity index (χ3n) is 3.67. The van der Waals surface area contributed by atoms with E-state index in [-0.39, 0.29) is 6.10 Å². The van der Waals surface area contributed by atoms with Gasteiger partial charge in [-0.3, -0.25) is 0 Å². The van der Waals surface area contributed by atoms with Crippen molar-refractivity contribution in [3.05, 3.63) is 0 Å². The first-order valence-corrected chi connectivity index (χ1v) is 5.67. The normalized spacial score (nSPS) is 34.9. The maximum absolute atomic E-state index is 9.88. The van der Waals surface area contributed by atoms with E-state index >= 15 is 0 Å². The molecule has 1 fully saturated rings. The standard InChI is InChI=1S/C12H25NO/c1-12(2,3)9-6-7-11(14)10(8-9)13(4)5/h9-11,14H,6-8H2,1-5H3. The molecule has 0 aromatic rings. The summed E-state index contributed by atoms with van der Waals surface area (Å²) < 4.78 is 0. The maximum Gasteiger partial charge on any atom is 0.0695 e. The van der Waals surface area contributed by atoms with Crippen molar-refractivity contribution in [3.8, 4) is 0 Å². The Morgan fingerprint density at radius 1 is 1.14 bits per heavy atom. The molecule has 3 unspecified atom stereocenters. The van der Waals surface area contributed by atoms with Gasteiger partial charge in [0.25, 0.3) is 0 Å². The van der Waals surface area contributed by atoms with Crippen LogP contribution in [-0.4, -0.2) is 36.2 Å². The van der Waals surface area contributed by atoms with Crippen LogP contribution >= 0.6 is 0 Å². The molecular formula is C12H25NO. The molecule has 0 amide bonds. The summed E-state index contributed by atoms with van der Waals surface area (Å²) in [5, 5.41) is 9.88. The molecule has 0 aromatic heterocycles. The van der Waals surface area contributed by atoms with E-state index in [1.807, 2.05) is 0 Å². The zero-order valence-electron chi connectivity index (χ0n) is 10.2. The summed E-state index contributed by atoms with van der Waals surface area (Å²) in [6, 6.07) is 0.355. The first kappa shape index (κ1) is 12.0. The van der Waals surface area contributed by atoms with Gasteiger partial charge in [0.15, 0.2) is 0 Å². The fraction of sp³-hybridized carbons (Fsp3) is 1.00. The molecule has 1 saturated carbocycles. The summed E-state index contributed by atoms with van der Waals surface area (Å²) in [5.74, 6) is 0.748. The molecule has 1 rings (SSSR count). The van der Waals surface area contributed by atoms with Crippen LogP contribution < -0.4 is 0 Å². The lowest BCUT2D eigenvalue weighted by Crippen LogP contribution is -2.45. The Morgan fingerprint density at radius 3 is 2.14 bits per heavy atom. The molecule has 0 bridgehead atoms. The van der Waals surface area contributed by atoms with Crippen LogP contribution in [0, 0.1) is 11.3 Å². The summed E-state index contributed by atoms with van der Waals surface area (Å²) in [4.78, 5) is 2.17. The van der Waals surface area contributed by atoms with Gasteiger partial charge in [0.1, 0.15) is 0 Å². The zero-order valence-corrected chi connectivity index (χ0v) is 10.2. The van der Waals surface area contributed by atoms with Gasteiger partial charge >= 0.3 is 0 Å². The molecule has 3 atom stereocenters. The Morgan fingerprint density at radius 2 is 1.71 bits per heavy atom. The maximum atomic E-state index is 9.88.